The number of halogens is 1. The van der Waals surface area contributed by atoms with Gasteiger partial charge >= 0.3 is 0 Å². The molecule has 1 fully saturated rings. The van der Waals surface area contributed by atoms with E-state index >= 15 is 0 Å². The molecule has 0 aliphatic heterocycles. The maximum Gasteiger partial charge on any atom is 0.240 e. The number of anilines is 2. The number of aromatic nitrogens is 2. The maximum absolute atomic E-state index is 13.4. The van der Waals surface area contributed by atoms with Gasteiger partial charge in [0, 0.05) is 32.6 Å². The standard InChI is InChI=1S/C24H30FN5O2S/c1-30(2)23-21-8-3-4-9-22(21)28-24(29-23)26-15-17-10-12-18(13-11-17)16-27-33(31,32)20-7-5-6-19(25)14-20/h3-9,14,17-18,27H,10-13,15-16H2,1-2H3,(H,26,28,29). The first-order valence-electron chi connectivity index (χ1n) is 11.2. The van der Waals surface area contributed by atoms with Gasteiger partial charge in [0.2, 0.25) is 16.0 Å². The van der Waals surface area contributed by atoms with E-state index in [1.165, 1.54) is 18.2 Å². The number of hydrogen-bond donors (Lipinski definition) is 2. The Hall–Kier alpha value is -2.78. The lowest BCUT2D eigenvalue weighted by Gasteiger charge is -2.28. The lowest BCUT2D eigenvalue weighted by atomic mass is 9.82. The minimum absolute atomic E-state index is 0.0344. The van der Waals surface area contributed by atoms with E-state index < -0.39 is 15.8 Å². The number of hydrogen-bond acceptors (Lipinski definition) is 6. The molecular formula is C24H30FN5O2S. The molecule has 1 aliphatic carbocycles. The Morgan fingerprint density at radius 1 is 0.970 bits per heavy atom. The lowest BCUT2D eigenvalue weighted by Crippen LogP contribution is -2.32. The van der Waals surface area contributed by atoms with Crippen molar-refractivity contribution in [3.05, 3.63) is 54.3 Å². The molecule has 33 heavy (non-hydrogen) atoms. The van der Waals surface area contributed by atoms with Crippen molar-refractivity contribution in [2.45, 2.75) is 30.6 Å². The summed E-state index contributed by atoms with van der Waals surface area (Å²) in [4.78, 5) is 11.3. The summed E-state index contributed by atoms with van der Waals surface area (Å²) in [5.74, 6) is 1.72. The van der Waals surface area contributed by atoms with Gasteiger partial charge in [-0.25, -0.2) is 22.5 Å². The second-order valence-corrected chi connectivity index (χ2v) is 10.6. The van der Waals surface area contributed by atoms with Crippen molar-refractivity contribution >= 4 is 32.7 Å². The average Bonchev–Trinajstić information content (AvgIpc) is 2.81. The number of rotatable bonds is 8. The van der Waals surface area contributed by atoms with Gasteiger partial charge in [-0.2, -0.15) is 4.98 Å². The van der Waals surface area contributed by atoms with E-state index in [2.05, 4.69) is 15.0 Å². The zero-order valence-corrected chi connectivity index (χ0v) is 19.8. The Labute approximate surface area is 194 Å². The Balaban J connectivity index is 1.29. The number of benzene rings is 2. The number of nitrogens with one attached hydrogen (secondary N) is 2. The third kappa shape index (κ3) is 5.78. The molecule has 1 heterocycles. The van der Waals surface area contributed by atoms with Crippen molar-refractivity contribution in [1.82, 2.24) is 14.7 Å². The molecule has 0 saturated heterocycles. The number of sulfonamides is 1. The van der Waals surface area contributed by atoms with Crippen LogP contribution in [0.4, 0.5) is 16.2 Å². The second kappa shape index (κ2) is 10.0. The molecule has 0 amide bonds. The van der Waals surface area contributed by atoms with Crippen LogP contribution < -0.4 is 14.9 Å². The SMILES string of the molecule is CN(C)c1nc(NCC2CCC(CNS(=O)(=O)c3cccc(F)c3)CC2)nc2ccccc12. The molecule has 176 valence electrons. The van der Waals surface area contributed by atoms with Crippen LogP contribution in [-0.2, 0) is 10.0 Å². The van der Waals surface area contributed by atoms with Crippen molar-refractivity contribution in [3.8, 4) is 0 Å². The molecule has 4 rings (SSSR count). The molecule has 0 spiro atoms. The molecular weight excluding hydrogens is 441 g/mol. The fourth-order valence-corrected chi connectivity index (χ4v) is 5.45. The number of para-hydroxylation sites is 1. The Bertz CT molecular complexity index is 1210. The molecule has 9 heteroatoms. The summed E-state index contributed by atoms with van der Waals surface area (Å²) in [5.41, 5.74) is 0.910. The third-order valence-corrected chi connectivity index (χ3v) is 7.61. The summed E-state index contributed by atoms with van der Waals surface area (Å²) in [6.45, 7) is 1.16. The van der Waals surface area contributed by atoms with Gasteiger partial charge in [-0.15, -0.1) is 0 Å². The molecule has 2 aromatic carbocycles. The summed E-state index contributed by atoms with van der Waals surface area (Å²) in [5, 5.41) is 4.43. The Kier molecular flexibility index (Phi) is 7.09. The molecule has 1 aromatic heterocycles. The van der Waals surface area contributed by atoms with Crippen molar-refractivity contribution in [2.24, 2.45) is 11.8 Å². The minimum Gasteiger partial charge on any atom is -0.362 e. The van der Waals surface area contributed by atoms with Gasteiger partial charge in [-0.1, -0.05) is 18.2 Å². The van der Waals surface area contributed by atoms with Crippen LogP contribution in [0.5, 0.6) is 0 Å². The molecule has 0 unspecified atom stereocenters. The lowest BCUT2D eigenvalue weighted by molar-refractivity contribution is 0.284. The summed E-state index contributed by atoms with van der Waals surface area (Å²) < 4.78 is 40.8. The smallest absolute Gasteiger partial charge is 0.240 e. The largest absolute Gasteiger partial charge is 0.362 e. The highest BCUT2D eigenvalue weighted by atomic mass is 32.2. The first kappa shape index (κ1) is 23.4. The van der Waals surface area contributed by atoms with Gasteiger partial charge < -0.3 is 10.2 Å². The van der Waals surface area contributed by atoms with Gasteiger partial charge in [-0.3, -0.25) is 0 Å². The summed E-state index contributed by atoms with van der Waals surface area (Å²) in [6.07, 6.45) is 3.90. The van der Waals surface area contributed by atoms with Crippen LogP contribution in [-0.4, -0.2) is 45.6 Å². The molecule has 7 nitrogen and oxygen atoms in total. The monoisotopic (exact) mass is 471 g/mol. The fourth-order valence-electron chi connectivity index (χ4n) is 4.30. The molecule has 2 N–H and O–H groups in total. The summed E-state index contributed by atoms with van der Waals surface area (Å²) in [7, 11) is 0.255. The molecule has 0 bridgehead atoms. The van der Waals surface area contributed by atoms with Gasteiger partial charge in [0.25, 0.3) is 0 Å². The van der Waals surface area contributed by atoms with E-state index in [9.17, 15) is 12.8 Å². The fraction of sp³-hybridized carbons (Fsp3) is 0.417. The quantitative estimate of drug-likeness (QED) is 0.516. The van der Waals surface area contributed by atoms with Crippen LogP contribution in [0.15, 0.2) is 53.4 Å². The zero-order chi connectivity index (χ0) is 23.4. The van der Waals surface area contributed by atoms with Crippen LogP contribution >= 0.6 is 0 Å². The normalized spacial score (nSPS) is 18.9. The van der Waals surface area contributed by atoms with Crippen molar-refractivity contribution in [1.29, 1.82) is 0 Å². The minimum atomic E-state index is -3.69. The number of nitrogens with zero attached hydrogens (tertiary/aromatic N) is 3. The summed E-state index contributed by atoms with van der Waals surface area (Å²) in [6, 6.07) is 13.1. The first-order chi connectivity index (χ1) is 15.8. The highest BCUT2D eigenvalue weighted by molar-refractivity contribution is 7.89. The Morgan fingerprint density at radius 3 is 2.36 bits per heavy atom. The highest BCUT2D eigenvalue weighted by Gasteiger charge is 2.24. The second-order valence-electron chi connectivity index (χ2n) is 8.86. The van der Waals surface area contributed by atoms with E-state index in [4.69, 9.17) is 4.98 Å². The predicted molar refractivity (Wildman–Crippen MR) is 129 cm³/mol. The van der Waals surface area contributed by atoms with E-state index in [1.54, 1.807) is 0 Å². The maximum atomic E-state index is 13.4. The van der Waals surface area contributed by atoms with Gasteiger partial charge in [0.15, 0.2) is 0 Å². The first-order valence-corrected chi connectivity index (χ1v) is 12.7. The topological polar surface area (TPSA) is 87.2 Å². The van der Waals surface area contributed by atoms with E-state index in [0.717, 1.165) is 55.0 Å². The molecule has 0 radical (unpaired) electrons. The van der Waals surface area contributed by atoms with E-state index in [1.807, 2.05) is 43.3 Å². The third-order valence-electron chi connectivity index (χ3n) is 6.19. The van der Waals surface area contributed by atoms with Crippen molar-refractivity contribution in [3.63, 3.8) is 0 Å². The van der Waals surface area contributed by atoms with Gasteiger partial charge in [0.05, 0.1) is 10.4 Å². The predicted octanol–water partition coefficient (Wildman–Crippen LogP) is 4.03. The molecule has 3 aromatic rings. The van der Waals surface area contributed by atoms with Crippen LogP contribution in [0.2, 0.25) is 0 Å². The highest BCUT2D eigenvalue weighted by Crippen LogP contribution is 2.29. The van der Waals surface area contributed by atoms with Crippen LogP contribution in [0, 0.1) is 17.7 Å². The van der Waals surface area contributed by atoms with Crippen molar-refractivity contribution in [2.75, 3.05) is 37.4 Å². The van der Waals surface area contributed by atoms with Gasteiger partial charge in [-0.05, 0) is 67.9 Å². The van der Waals surface area contributed by atoms with Crippen LogP contribution in [0.25, 0.3) is 10.9 Å². The van der Waals surface area contributed by atoms with Crippen LogP contribution in [0.3, 0.4) is 0 Å². The molecule has 1 saturated carbocycles. The molecule has 0 atom stereocenters. The van der Waals surface area contributed by atoms with Crippen molar-refractivity contribution < 1.29 is 12.8 Å². The van der Waals surface area contributed by atoms with E-state index in [-0.39, 0.29) is 10.8 Å². The summed E-state index contributed by atoms with van der Waals surface area (Å²) >= 11 is 0. The average molecular weight is 472 g/mol. The zero-order valence-electron chi connectivity index (χ0n) is 19.0. The Morgan fingerprint density at radius 2 is 1.67 bits per heavy atom. The van der Waals surface area contributed by atoms with Crippen LogP contribution in [0.1, 0.15) is 25.7 Å². The van der Waals surface area contributed by atoms with Gasteiger partial charge in [0.1, 0.15) is 11.6 Å². The molecule has 1 aliphatic rings. The number of fused-ring (bicyclic) bond motifs is 1. The van der Waals surface area contributed by atoms with E-state index in [0.29, 0.717) is 18.4 Å².